The molecule has 1 aromatic rings. The molecule has 19 heavy (non-hydrogen) atoms. The van der Waals surface area contributed by atoms with Crippen LogP contribution in [-0.4, -0.2) is 0 Å². The van der Waals surface area contributed by atoms with Crippen LogP contribution in [0.3, 0.4) is 0 Å². The van der Waals surface area contributed by atoms with Gasteiger partial charge in [-0.05, 0) is 56.7 Å². The summed E-state index contributed by atoms with van der Waals surface area (Å²) in [5.41, 5.74) is 5.66. The first kappa shape index (κ1) is 17.7. The maximum Gasteiger partial charge on any atom is -0.0191 e. The Kier molecular flexibility index (Phi) is 8.95. The first-order chi connectivity index (χ1) is 9.04. The van der Waals surface area contributed by atoms with Crippen LogP contribution in [0.2, 0.25) is 0 Å². The Labute approximate surface area is 120 Å². The van der Waals surface area contributed by atoms with Gasteiger partial charge in [-0.25, -0.2) is 0 Å². The summed E-state index contributed by atoms with van der Waals surface area (Å²) in [6, 6.07) is 6.79. The highest BCUT2D eigenvalue weighted by Crippen LogP contribution is 2.18. The van der Waals surface area contributed by atoms with E-state index in [0.29, 0.717) is 5.92 Å². The summed E-state index contributed by atoms with van der Waals surface area (Å²) >= 11 is 0. The van der Waals surface area contributed by atoms with Gasteiger partial charge in [0.25, 0.3) is 0 Å². The Morgan fingerprint density at radius 2 is 1.79 bits per heavy atom. The van der Waals surface area contributed by atoms with Crippen LogP contribution >= 0.6 is 0 Å². The lowest BCUT2D eigenvalue weighted by Crippen LogP contribution is -2.01. The molecule has 0 aromatic heterocycles. The molecule has 0 fully saturated rings. The Bertz CT molecular complexity index is 422. The molecule has 1 unspecified atom stereocenters. The molecule has 0 bridgehead atoms. The first-order valence-electron chi connectivity index (χ1n) is 7.40. The van der Waals surface area contributed by atoms with E-state index in [4.69, 9.17) is 0 Å². The van der Waals surface area contributed by atoms with E-state index < -0.39 is 0 Å². The van der Waals surface area contributed by atoms with Crippen LogP contribution < -0.4 is 0 Å². The molecule has 0 aliphatic heterocycles. The Morgan fingerprint density at radius 1 is 1.16 bits per heavy atom. The number of allylic oxidation sites excluding steroid dienone is 4. The fourth-order valence-electron chi connectivity index (χ4n) is 1.86. The average molecular weight is 258 g/mol. The zero-order valence-corrected chi connectivity index (χ0v) is 13.7. The van der Waals surface area contributed by atoms with Crippen molar-refractivity contribution < 1.29 is 0 Å². The summed E-state index contributed by atoms with van der Waals surface area (Å²) in [7, 11) is 0. The minimum Gasteiger partial charge on any atom is -0.0877 e. The summed E-state index contributed by atoms with van der Waals surface area (Å²) in [5.74, 6) is 0.605. The largest absolute Gasteiger partial charge is 0.0877 e. The molecule has 0 heterocycles. The van der Waals surface area contributed by atoms with Gasteiger partial charge in [0.05, 0.1) is 0 Å². The second kappa shape index (κ2) is 9.61. The summed E-state index contributed by atoms with van der Waals surface area (Å²) in [4.78, 5) is 0. The molecular formula is C19H30. The van der Waals surface area contributed by atoms with Gasteiger partial charge in [-0.15, -0.1) is 0 Å². The molecule has 106 valence electrons. The average Bonchev–Trinajstić information content (AvgIpc) is 2.42. The Morgan fingerprint density at radius 3 is 2.32 bits per heavy atom. The van der Waals surface area contributed by atoms with Gasteiger partial charge in [-0.1, -0.05) is 62.8 Å². The molecule has 0 aliphatic carbocycles. The van der Waals surface area contributed by atoms with Gasteiger partial charge in [0, 0.05) is 0 Å². The van der Waals surface area contributed by atoms with Gasteiger partial charge in [0.2, 0.25) is 0 Å². The van der Waals surface area contributed by atoms with Crippen molar-refractivity contribution in [1.82, 2.24) is 0 Å². The third-order valence-electron chi connectivity index (χ3n) is 3.44. The van der Waals surface area contributed by atoms with E-state index in [2.05, 4.69) is 71.0 Å². The maximum absolute atomic E-state index is 2.31. The summed E-state index contributed by atoms with van der Waals surface area (Å²) in [5, 5.41) is 0. The van der Waals surface area contributed by atoms with Crippen LogP contribution in [0.4, 0.5) is 0 Å². The van der Waals surface area contributed by atoms with Crippen molar-refractivity contribution in [2.45, 2.75) is 54.9 Å². The summed E-state index contributed by atoms with van der Waals surface area (Å²) in [6.45, 7) is 14.9. The van der Waals surface area contributed by atoms with Crippen LogP contribution in [0.25, 0.3) is 0 Å². The van der Waals surface area contributed by atoms with Gasteiger partial charge >= 0.3 is 0 Å². The molecule has 0 N–H and O–H groups in total. The summed E-state index contributed by atoms with van der Waals surface area (Å²) in [6.07, 6.45) is 7.53. The zero-order chi connectivity index (χ0) is 14.8. The van der Waals surface area contributed by atoms with Crippen LogP contribution in [0, 0.1) is 19.8 Å². The highest BCUT2D eigenvalue weighted by Gasteiger charge is 2.05. The number of aryl methyl sites for hydroxylation is 2. The van der Waals surface area contributed by atoms with E-state index in [1.807, 2.05) is 13.8 Å². The summed E-state index contributed by atoms with van der Waals surface area (Å²) < 4.78 is 0. The van der Waals surface area contributed by atoms with E-state index in [-0.39, 0.29) is 0 Å². The molecule has 1 aromatic carbocycles. The van der Waals surface area contributed by atoms with Crippen molar-refractivity contribution in [1.29, 1.82) is 0 Å². The first-order valence-corrected chi connectivity index (χ1v) is 7.40. The van der Waals surface area contributed by atoms with Crippen LogP contribution in [0.1, 0.15) is 51.3 Å². The SMILES string of the molecule is C/C=C\C=C(/C)C(C)Cc1ccc(C)c(C)c1.CC. The topological polar surface area (TPSA) is 0 Å². The van der Waals surface area contributed by atoms with Crippen molar-refractivity contribution in [3.8, 4) is 0 Å². The van der Waals surface area contributed by atoms with Gasteiger partial charge < -0.3 is 0 Å². The molecule has 0 radical (unpaired) electrons. The maximum atomic E-state index is 2.31. The van der Waals surface area contributed by atoms with Gasteiger partial charge in [-0.3, -0.25) is 0 Å². The quantitative estimate of drug-likeness (QED) is 0.578. The van der Waals surface area contributed by atoms with Crippen molar-refractivity contribution >= 4 is 0 Å². The minimum absolute atomic E-state index is 0.605. The van der Waals surface area contributed by atoms with E-state index in [1.54, 1.807) is 0 Å². The van der Waals surface area contributed by atoms with E-state index in [9.17, 15) is 0 Å². The van der Waals surface area contributed by atoms with Gasteiger partial charge in [-0.2, -0.15) is 0 Å². The Hall–Kier alpha value is -1.30. The van der Waals surface area contributed by atoms with Crippen LogP contribution in [0.5, 0.6) is 0 Å². The molecular weight excluding hydrogens is 228 g/mol. The molecule has 0 heteroatoms. The second-order valence-corrected chi connectivity index (χ2v) is 4.96. The monoisotopic (exact) mass is 258 g/mol. The van der Waals surface area contributed by atoms with Gasteiger partial charge in [0.15, 0.2) is 0 Å². The van der Waals surface area contributed by atoms with Crippen molar-refractivity contribution in [2.75, 3.05) is 0 Å². The Balaban J connectivity index is 0.00000154. The van der Waals surface area contributed by atoms with E-state index in [0.717, 1.165) is 6.42 Å². The molecule has 1 atom stereocenters. The van der Waals surface area contributed by atoms with Crippen molar-refractivity contribution in [2.24, 2.45) is 5.92 Å². The number of benzene rings is 1. The van der Waals surface area contributed by atoms with Crippen molar-refractivity contribution in [3.63, 3.8) is 0 Å². The fourth-order valence-corrected chi connectivity index (χ4v) is 1.86. The highest BCUT2D eigenvalue weighted by atomic mass is 14.1. The normalized spacial score (nSPS) is 13.1. The van der Waals surface area contributed by atoms with Gasteiger partial charge in [0.1, 0.15) is 0 Å². The number of hydrogen-bond acceptors (Lipinski definition) is 0. The van der Waals surface area contributed by atoms with E-state index in [1.165, 1.54) is 22.3 Å². The van der Waals surface area contributed by atoms with Crippen LogP contribution in [0.15, 0.2) is 42.0 Å². The molecule has 0 aliphatic rings. The lowest BCUT2D eigenvalue weighted by Gasteiger charge is -2.13. The van der Waals surface area contributed by atoms with Crippen molar-refractivity contribution in [3.05, 3.63) is 58.7 Å². The molecule has 1 rings (SSSR count). The number of hydrogen-bond donors (Lipinski definition) is 0. The van der Waals surface area contributed by atoms with Crippen LogP contribution in [-0.2, 0) is 6.42 Å². The highest BCUT2D eigenvalue weighted by molar-refractivity contribution is 5.30. The minimum atomic E-state index is 0.605. The predicted octanol–water partition coefficient (Wildman–Crippen LogP) is 6.03. The molecule has 0 saturated carbocycles. The predicted molar refractivity (Wildman–Crippen MR) is 88.7 cm³/mol. The molecule has 0 amide bonds. The molecule has 0 spiro atoms. The molecule has 0 saturated heterocycles. The third-order valence-corrected chi connectivity index (χ3v) is 3.44. The van der Waals surface area contributed by atoms with E-state index >= 15 is 0 Å². The molecule has 0 nitrogen and oxygen atoms in total. The third kappa shape index (κ3) is 6.42. The smallest absolute Gasteiger partial charge is 0.0191 e. The fraction of sp³-hybridized carbons (Fsp3) is 0.474. The second-order valence-electron chi connectivity index (χ2n) is 4.96. The number of rotatable bonds is 4. The lowest BCUT2D eigenvalue weighted by atomic mass is 9.93. The lowest BCUT2D eigenvalue weighted by molar-refractivity contribution is 0.677. The zero-order valence-electron chi connectivity index (χ0n) is 13.7. The standard InChI is InChI=1S/C17H24.C2H6/c1-6-7-8-13(2)15(4)11-17-10-9-14(3)16(5)12-17;1-2/h6-10,12,15H,11H2,1-5H3;1-2H3/b7-6-,13-8+;.